The van der Waals surface area contributed by atoms with Crippen molar-refractivity contribution in [3.05, 3.63) is 48.5 Å². The molecule has 2 aromatic rings. The second kappa shape index (κ2) is 7.97. The second-order valence-electron chi connectivity index (χ2n) is 6.08. The SMILES string of the molecule is C[C@@H](Cn1ccnc1)NC(=O)c1ccccc1OC[C@H]1CCCO1. The van der Waals surface area contributed by atoms with Crippen molar-refractivity contribution in [2.45, 2.75) is 38.5 Å². The molecule has 0 saturated carbocycles. The summed E-state index contributed by atoms with van der Waals surface area (Å²) in [5.74, 6) is 0.464. The number of nitrogens with zero attached hydrogens (tertiary/aromatic N) is 2. The van der Waals surface area contributed by atoms with Gasteiger partial charge in [0.1, 0.15) is 12.4 Å². The number of hydrogen-bond acceptors (Lipinski definition) is 4. The smallest absolute Gasteiger partial charge is 0.255 e. The fourth-order valence-corrected chi connectivity index (χ4v) is 2.80. The molecule has 1 aromatic carbocycles. The first-order valence-electron chi connectivity index (χ1n) is 8.32. The minimum absolute atomic E-state index is 0.0158. The molecule has 2 heterocycles. The van der Waals surface area contributed by atoms with E-state index < -0.39 is 0 Å². The molecule has 1 aromatic heterocycles. The largest absolute Gasteiger partial charge is 0.490 e. The van der Waals surface area contributed by atoms with Crippen LogP contribution in [0.25, 0.3) is 0 Å². The Bertz CT molecular complexity index is 651. The lowest BCUT2D eigenvalue weighted by Gasteiger charge is -2.17. The number of hydrogen-bond donors (Lipinski definition) is 1. The maximum Gasteiger partial charge on any atom is 0.255 e. The van der Waals surface area contributed by atoms with Gasteiger partial charge in [-0.05, 0) is 31.9 Å². The zero-order valence-corrected chi connectivity index (χ0v) is 13.9. The first-order valence-corrected chi connectivity index (χ1v) is 8.32. The van der Waals surface area contributed by atoms with Crippen molar-refractivity contribution in [2.75, 3.05) is 13.2 Å². The fourth-order valence-electron chi connectivity index (χ4n) is 2.80. The molecule has 2 atom stereocenters. The van der Waals surface area contributed by atoms with Gasteiger partial charge in [0.15, 0.2) is 0 Å². The van der Waals surface area contributed by atoms with E-state index in [0.29, 0.717) is 24.5 Å². The lowest BCUT2D eigenvalue weighted by atomic mass is 10.1. The quantitative estimate of drug-likeness (QED) is 0.846. The summed E-state index contributed by atoms with van der Waals surface area (Å²) in [7, 11) is 0. The van der Waals surface area contributed by atoms with Gasteiger partial charge in [-0.1, -0.05) is 12.1 Å². The van der Waals surface area contributed by atoms with Crippen LogP contribution in [0.15, 0.2) is 43.0 Å². The Labute approximate surface area is 141 Å². The van der Waals surface area contributed by atoms with Gasteiger partial charge in [-0.25, -0.2) is 4.98 Å². The van der Waals surface area contributed by atoms with E-state index >= 15 is 0 Å². The molecule has 3 rings (SSSR count). The van der Waals surface area contributed by atoms with Crippen molar-refractivity contribution in [2.24, 2.45) is 0 Å². The molecule has 1 aliphatic rings. The van der Waals surface area contributed by atoms with Crippen molar-refractivity contribution in [3.63, 3.8) is 0 Å². The zero-order valence-electron chi connectivity index (χ0n) is 13.9. The summed E-state index contributed by atoms with van der Waals surface area (Å²) in [6.07, 6.45) is 7.55. The molecular formula is C18H23N3O3. The number of ether oxygens (including phenoxy) is 2. The lowest BCUT2D eigenvalue weighted by molar-refractivity contribution is 0.0670. The molecule has 6 heteroatoms. The predicted molar refractivity (Wildman–Crippen MR) is 90.1 cm³/mol. The third-order valence-electron chi connectivity index (χ3n) is 4.00. The van der Waals surface area contributed by atoms with Gasteiger partial charge in [0.2, 0.25) is 0 Å². The van der Waals surface area contributed by atoms with E-state index in [4.69, 9.17) is 9.47 Å². The van der Waals surface area contributed by atoms with Gasteiger partial charge < -0.3 is 19.4 Å². The number of rotatable bonds is 7. The average Bonchev–Trinajstić information content (AvgIpc) is 3.26. The number of benzene rings is 1. The van der Waals surface area contributed by atoms with E-state index in [1.807, 2.05) is 35.9 Å². The van der Waals surface area contributed by atoms with Gasteiger partial charge in [0.05, 0.1) is 18.0 Å². The number of amides is 1. The van der Waals surface area contributed by atoms with Gasteiger partial charge in [0, 0.05) is 31.6 Å². The van der Waals surface area contributed by atoms with E-state index in [-0.39, 0.29) is 18.1 Å². The van der Waals surface area contributed by atoms with Gasteiger partial charge in [-0.15, -0.1) is 0 Å². The number of aromatic nitrogens is 2. The van der Waals surface area contributed by atoms with Crippen LogP contribution >= 0.6 is 0 Å². The lowest BCUT2D eigenvalue weighted by Crippen LogP contribution is -2.35. The normalized spacial score (nSPS) is 18.3. The highest BCUT2D eigenvalue weighted by Gasteiger charge is 2.19. The van der Waals surface area contributed by atoms with Crippen LogP contribution in [0.2, 0.25) is 0 Å². The van der Waals surface area contributed by atoms with Crippen LogP contribution in [0.1, 0.15) is 30.1 Å². The standard InChI is InChI=1S/C18H23N3O3/c1-14(11-21-9-8-19-13-21)20-18(22)16-6-2-3-7-17(16)24-12-15-5-4-10-23-15/h2-3,6-9,13-15H,4-5,10-12H2,1H3,(H,20,22)/t14-,15+/m0/s1. The van der Waals surface area contributed by atoms with Crippen LogP contribution in [-0.4, -0.2) is 40.8 Å². The van der Waals surface area contributed by atoms with Gasteiger partial charge in [-0.3, -0.25) is 4.79 Å². The van der Waals surface area contributed by atoms with E-state index in [2.05, 4.69) is 10.3 Å². The van der Waals surface area contributed by atoms with Crippen LogP contribution in [0.5, 0.6) is 5.75 Å². The second-order valence-corrected chi connectivity index (χ2v) is 6.08. The third kappa shape index (κ3) is 4.35. The van der Waals surface area contributed by atoms with Gasteiger partial charge in [-0.2, -0.15) is 0 Å². The summed E-state index contributed by atoms with van der Waals surface area (Å²) in [4.78, 5) is 16.6. The number of para-hydroxylation sites is 1. The Morgan fingerprint density at radius 1 is 1.50 bits per heavy atom. The van der Waals surface area contributed by atoms with Crippen LogP contribution in [-0.2, 0) is 11.3 Å². The summed E-state index contributed by atoms with van der Waals surface area (Å²) in [6, 6.07) is 7.30. The maximum absolute atomic E-state index is 12.6. The maximum atomic E-state index is 12.6. The zero-order chi connectivity index (χ0) is 16.8. The summed E-state index contributed by atoms with van der Waals surface area (Å²) < 4.78 is 13.3. The highest BCUT2D eigenvalue weighted by Crippen LogP contribution is 2.20. The third-order valence-corrected chi connectivity index (χ3v) is 4.00. The fraction of sp³-hybridized carbons (Fsp3) is 0.444. The number of nitrogens with one attached hydrogen (secondary N) is 1. The summed E-state index contributed by atoms with van der Waals surface area (Å²) in [5.41, 5.74) is 0.549. The molecule has 0 unspecified atom stereocenters. The highest BCUT2D eigenvalue weighted by molar-refractivity contribution is 5.97. The number of carbonyl (C=O) groups excluding carboxylic acids is 1. The van der Waals surface area contributed by atoms with Gasteiger partial charge in [0.25, 0.3) is 5.91 Å². The van der Waals surface area contributed by atoms with Crippen LogP contribution in [0, 0.1) is 0 Å². The summed E-state index contributed by atoms with van der Waals surface area (Å²) in [5, 5.41) is 3.00. The minimum Gasteiger partial charge on any atom is -0.490 e. The van der Waals surface area contributed by atoms with Crippen LogP contribution in [0.3, 0.4) is 0 Å². The summed E-state index contributed by atoms with van der Waals surface area (Å²) >= 11 is 0. The van der Waals surface area contributed by atoms with Crippen molar-refractivity contribution in [3.8, 4) is 5.75 Å². The highest BCUT2D eigenvalue weighted by atomic mass is 16.5. The van der Waals surface area contributed by atoms with E-state index in [1.165, 1.54) is 0 Å². The Balaban J connectivity index is 1.59. The van der Waals surface area contributed by atoms with Crippen LogP contribution in [0.4, 0.5) is 0 Å². The number of carbonyl (C=O) groups is 1. The van der Waals surface area contributed by atoms with E-state index in [1.54, 1.807) is 18.6 Å². The molecule has 1 fully saturated rings. The Kier molecular flexibility index (Phi) is 5.48. The molecule has 0 bridgehead atoms. The average molecular weight is 329 g/mol. The van der Waals surface area contributed by atoms with Crippen molar-refractivity contribution in [1.29, 1.82) is 0 Å². The van der Waals surface area contributed by atoms with Gasteiger partial charge >= 0.3 is 0 Å². The molecule has 128 valence electrons. The van der Waals surface area contributed by atoms with E-state index in [9.17, 15) is 4.79 Å². The molecule has 1 saturated heterocycles. The van der Waals surface area contributed by atoms with Crippen molar-refractivity contribution < 1.29 is 14.3 Å². The monoisotopic (exact) mass is 329 g/mol. The molecule has 0 aliphatic carbocycles. The first-order chi connectivity index (χ1) is 11.7. The first kappa shape index (κ1) is 16.5. The molecule has 24 heavy (non-hydrogen) atoms. The molecule has 0 radical (unpaired) electrons. The predicted octanol–water partition coefficient (Wildman–Crippen LogP) is 2.26. The van der Waals surface area contributed by atoms with Crippen molar-refractivity contribution >= 4 is 5.91 Å². The molecular weight excluding hydrogens is 306 g/mol. The van der Waals surface area contributed by atoms with Crippen molar-refractivity contribution in [1.82, 2.24) is 14.9 Å². The molecule has 1 amide bonds. The Hall–Kier alpha value is -2.34. The molecule has 6 nitrogen and oxygen atoms in total. The molecule has 0 spiro atoms. The Morgan fingerprint density at radius 2 is 2.38 bits per heavy atom. The Morgan fingerprint density at radius 3 is 3.12 bits per heavy atom. The number of imidazole rings is 1. The van der Waals surface area contributed by atoms with E-state index in [0.717, 1.165) is 19.4 Å². The molecule has 1 N–H and O–H groups in total. The van der Waals surface area contributed by atoms with Crippen LogP contribution < -0.4 is 10.1 Å². The minimum atomic E-state index is -0.134. The topological polar surface area (TPSA) is 65.4 Å². The summed E-state index contributed by atoms with van der Waals surface area (Å²) in [6.45, 7) is 3.91. The molecule has 1 aliphatic heterocycles.